The van der Waals surface area contributed by atoms with Crippen LogP contribution in [0.2, 0.25) is 0 Å². The second kappa shape index (κ2) is 10.7. The van der Waals surface area contributed by atoms with Gasteiger partial charge in [-0.05, 0) is 11.6 Å². The summed E-state index contributed by atoms with van der Waals surface area (Å²) in [5.74, 6) is 1.13. The summed E-state index contributed by atoms with van der Waals surface area (Å²) >= 11 is 0. The van der Waals surface area contributed by atoms with E-state index in [0.717, 1.165) is 27.7 Å². The Morgan fingerprint density at radius 3 is 2.61 bits per heavy atom. The molecule has 1 aromatic carbocycles. The van der Waals surface area contributed by atoms with Crippen LogP contribution in [0.5, 0.6) is 5.88 Å². The fraction of sp³-hybridized carbons (Fsp3) is 0.217. The van der Waals surface area contributed by atoms with Gasteiger partial charge in [-0.15, -0.1) is 0 Å². The number of hydrogen-bond acceptors (Lipinski definition) is 8. The number of ether oxygens (including phenoxy) is 1. The van der Waals surface area contributed by atoms with Crippen LogP contribution in [0, 0.1) is 0 Å². The molecule has 170 valence electrons. The average Bonchev–Trinajstić information content (AvgIpc) is 2.86. The fourth-order valence-corrected chi connectivity index (χ4v) is 3.44. The van der Waals surface area contributed by atoms with Gasteiger partial charge in [0.25, 0.3) is 5.91 Å². The van der Waals surface area contributed by atoms with E-state index in [-0.39, 0.29) is 25.3 Å². The molecule has 1 atom stereocenters. The minimum Gasteiger partial charge on any atom is -0.481 e. The van der Waals surface area contributed by atoms with E-state index in [0.29, 0.717) is 23.9 Å². The van der Waals surface area contributed by atoms with Gasteiger partial charge in [0.2, 0.25) is 5.88 Å². The lowest BCUT2D eigenvalue weighted by Crippen LogP contribution is -2.20. The number of aromatic nitrogens is 5. The molecule has 2 N–H and O–H groups in total. The van der Waals surface area contributed by atoms with E-state index in [1.54, 1.807) is 26.4 Å². The Balaban J connectivity index is 0.00000306. The van der Waals surface area contributed by atoms with Crippen LogP contribution in [0.15, 0.2) is 55.2 Å². The minimum atomic E-state index is -0.234. The van der Waals surface area contributed by atoms with Crippen molar-refractivity contribution in [2.45, 2.75) is 12.8 Å². The lowest BCUT2D eigenvalue weighted by molar-refractivity contribution is 0.0960. The standard InChI is InChI=1S/C23H23N7O2.H2S/c1-14(16-5-4-6-17-21(16)29-13-30-22(17)23(31)24-2)10-25-19-9-18(27-12-28-19)15-7-8-20(32-3)26-11-15;/h4-9,11-14H,10H2,1-3H3,(H,24,31)(H,25,27,28);1H2/t14-;/m1./s1. The van der Waals surface area contributed by atoms with Crippen LogP contribution >= 0.6 is 13.5 Å². The van der Waals surface area contributed by atoms with E-state index >= 15 is 0 Å². The van der Waals surface area contributed by atoms with Gasteiger partial charge in [-0.3, -0.25) is 4.79 Å². The van der Waals surface area contributed by atoms with Crippen LogP contribution in [0.1, 0.15) is 28.9 Å². The van der Waals surface area contributed by atoms with E-state index in [2.05, 4.69) is 42.5 Å². The maximum absolute atomic E-state index is 12.2. The monoisotopic (exact) mass is 463 g/mol. The largest absolute Gasteiger partial charge is 0.481 e. The highest BCUT2D eigenvalue weighted by molar-refractivity contribution is 7.59. The lowest BCUT2D eigenvalue weighted by atomic mass is 9.97. The Kier molecular flexibility index (Phi) is 7.73. The molecule has 0 fully saturated rings. The number of amides is 1. The van der Waals surface area contributed by atoms with Gasteiger partial charge in [-0.2, -0.15) is 13.5 Å². The van der Waals surface area contributed by atoms with Gasteiger partial charge in [-0.1, -0.05) is 25.1 Å². The van der Waals surface area contributed by atoms with Gasteiger partial charge < -0.3 is 15.4 Å². The van der Waals surface area contributed by atoms with Gasteiger partial charge in [0.15, 0.2) is 0 Å². The Bertz CT molecular complexity index is 1250. The van der Waals surface area contributed by atoms with Gasteiger partial charge in [0, 0.05) is 48.8 Å². The molecule has 1 amide bonds. The first-order valence-electron chi connectivity index (χ1n) is 10.1. The molecular weight excluding hydrogens is 438 g/mol. The van der Waals surface area contributed by atoms with E-state index in [1.807, 2.05) is 30.3 Å². The zero-order valence-electron chi connectivity index (χ0n) is 18.5. The predicted octanol–water partition coefficient (Wildman–Crippen LogP) is 3.18. The van der Waals surface area contributed by atoms with E-state index in [9.17, 15) is 4.79 Å². The smallest absolute Gasteiger partial charge is 0.270 e. The number of rotatable bonds is 7. The van der Waals surface area contributed by atoms with Gasteiger partial charge >= 0.3 is 0 Å². The molecule has 0 saturated heterocycles. The number of carbonyl (C=O) groups is 1. The third kappa shape index (κ3) is 5.17. The molecule has 3 aromatic heterocycles. The Morgan fingerprint density at radius 1 is 1.06 bits per heavy atom. The first kappa shape index (κ1) is 23.9. The molecule has 0 unspecified atom stereocenters. The van der Waals surface area contributed by atoms with E-state index < -0.39 is 0 Å². The van der Waals surface area contributed by atoms with Gasteiger partial charge in [0.1, 0.15) is 24.2 Å². The van der Waals surface area contributed by atoms with Crippen LogP contribution in [-0.4, -0.2) is 51.5 Å². The molecule has 3 heterocycles. The molecule has 10 heteroatoms. The summed E-state index contributed by atoms with van der Waals surface area (Å²) < 4.78 is 5.11. The highest BCUT2D eigenvalue weighted by Gasteiger charge is 2.16. The predicted molar refractivity (Wildman–Crippen MR) is 132 cm³/mol. The van der Waals surface area contributed by atoms with Crippen LogP contribution in [0.25, 0.3) is 22.2 Å². The highest BCUT2D eigenvalue weighted by Crippen LogP contribution is 2.26. The number of nitrogens with zero attached hydrogens (tertiary/aromatic N) is 5. The van der Waals surface area contributed by atoms with Crippen LogP contribution < -0.4 is 15.4 Å². The number of methoxy groups -OCH3 is 1. The lowest BCUT2D eigenvalue weighted by Gasteiger charge is -2.16. The van der Waals surface area contributed by atoms with Crippen molar-refractivity contribution in [1.29, 1.82) is 0 Å². The van der Waals surface area contributed by atoms with Crippen molar-refractivity contribution in [2.75, 3.05) is 26.0 Å². The molecule has 0 aliphatic heterocycles. The molecule has 4 rings (SSSR count). The fourth-order valence-electron chi connectivity index (χ4n) is 3.44. The van der Waals surface area contributed by atoms with Crippen molar-refractivity contribution in [3.8, 4) is 17.1 Å². The average molecular weight is 464 g/mol. The van der Waals surface area contributed by atoms with Crippen molar-refractivity contribution >= 4 is 36.1 Å². The summed E-state index contributed by atoms with van der Waals surface area (Å²) in [5.41, 5.74) is 3.79. The summed E-state index contributed by atoms with van der Waals surface area (Å²) in [6.45, 7) is 2.72. The SMILES string of the molecule is CNC(=O)c1ncnc2c([C@H](C)CNc3cc(-c4ccc(OC)nc4)ncn3)cccc12.S. The number of hydrogen-bond donors (Lipinski definition) is 2. The van der Waals surface area contributed by atoms with Crippen molar-refractivity contribution in [3.63, 3.8) is 0 Å². The number of fused-ring (bicyclic) bond motifs is 1. The first-order chi connectivity index (χ1) is 15.6. The molecule has 4 aromatic rings. The summed E-state index contributed by atoms with van der Waals surface area (Å²) in [4.78, 5) is 33.7. The number of para-hydroxylation sites is 1. The first-order valence-corrected chi connectivity index (χ1v) is 10.1. The number of anilines is 1. The molecule has 0 bridgehead atoms. The highest BCUT2D eigenvalue weighted by atomic mass is 32.1. The number of benzene rings is 1. The normalized spacial score (nSPS) is 11.4. The molecule has 0 aliphatic rings. The van der Waals surface area contributed by atoms with E-state index in [1.165, 1.54) is 12.7 Å². The summed E-state index contributed by atoms with van der Waals surface area (Å²) in [7, 11) is 3.17. The second-order valence-corrected chi connectivity index (χ2v) is 7.20. The van der Waals surface area contributed by atoms with Gasteiger partial charge in [-0.25, -0.2) is 24.9 Å². The van der Waals surface area contributed by atoms with Crippen LogP contribution in [0.3, 0.4) is 0 Å². The minimum absolute atomic E-state index is 0. The van der Waals surface area contributed by atoms with Crippen LogP contribution in [-0.2, 0) is 0 Å². The van der Waals surface area contributed by atoms with Crippen molar-refractivity contribution in [1.82, 2.24) is 30.2 Å². The van der Waals surface area contributed by atoms with E-state index in [4.69, 9.17) is 4.74 Å². The molecule has 0 radical (unpaired) electrons. The van der Waals surface area contributed by atoms with Crippen molar-refractivity contribution in [2.24, 2.45) is 0 Å². The third-order valence-corrected chi connectivity index (χ3v) is 5.17. The Labute approximate surface area is 198 Å². The molecule has 9 nitrogen and oxygen atoms in total. The molecule has 0 saturated carbocycles. The second-order valence-electron chi connectivity index (χ2n) is 7.20. The molecule has 33 heavy (non-hydrogen) atoms. The topological polar surface area (TPSA) is 115 Å². The third-order valence-electron chi connectivity index (χ3n) is 5.17. The molecule has 0 spiro atoms. The summed E-state index contributed by atoms with van der Waals surface area (Å²) in [6.07, 6.45) is 4.66. The quantitative estimate of drug-likeness (QED) is 0.429. The Hall–Kier alpha value is -3.79. The maximum atomic E-state index is 12.2. The van der Waals surface area contributed by atoms with Crippen molar-refractivity contribution in [3.05, 3.63) is 66.5 Å². The van der Waals surface area contributed by atoms with Crippen LogP contribution in [0.4, 0.5) is 5.82 Å². The number of carbonyl (C=O) groups excluding carboxylic acids is 1. The summed E-state index contributed by atoms with van der Waals surface area (Å²) in [5, 5.41) is 6.73. The van der Waals surface area contributed by atoms with Gasteiger partial charge in [0.05, 0.1) is 18.3 Å². The number of pyridine rings is 1. The zero-order valence-corrected chi connectivity index (χ0v) is 19.5. The summed E-state index contributed by atoms with van der Waals surface area (Å²) in [6, 6.07) is 11.4. The Morgan fingerprint density at radius 2 is 1.88 bits per heavy atom. The maximum Gasteiger partial charge on any atom is 0.270 e. The zero-order chi connectivity index (χ0) is 22.5. The number of nitrogens with one attached hydrogen (secondary N) is 2. The molecule has 0 aliphatic carbocycles. The molecular formula is C23H25N7O2S. The van der Waals surface area contributed by atoms with Crippen molar-refractivity contribution < 1.29 is 9.53 Å².